The van der Waals surface area contributed by atoms with Crippen molar-refractivity contribution in [3.8, 4) is 0 Å². The third kappa shape index (κ3) is 1.42. The molecule has 1 heteroatoms. The van der Waals surface area contributed by atoms with Gasteiger partial charge in [-0.1, -0.05) is 38.2 Å². The predicted molar refractivity (Wildman–Crippen MR) is 71.8 cm³/mol. The Labute approximate surface area is 101 Å². The van der Waals surface area contributed by atoms with Crippen LogP contribution in [0.5, 0.6) is 0 Å². The SMILES string of the molecule is CCc1cc2c(s1)C=C1C=CC=CC1(C)C2. The molecule has 0 saturated carbocycles. The number of hydrogen-bond donors (Lipinski definition) is 0. The lowest BCUT2D eigenvalue weighted by atomic mass is 9.72. The Hall–Kier alpha value is -1.08. The van der Waals surface area contributed by atoms with Gasteiger partial charge in [0.15, 0.2) is 0 Å². The molecule has 0 spiro atoms. The number of allylic oxidation sites excluding steroid dienone is 5. The molecule has 1 atom stereocenters. The van der Waals surface area contributed by atoms with Crippen molar-refractivity contribution in [1.29, 1.82) is 0 Å². The maximum absolute atomic E-state index is 2.39. The maximum Gasteiger partial charge on any atom is 0.0308 e. The van der Waals surface area contributed by atoms with E-state index in [2.05, 4.69) is 50.3 Å². The monoisotopic (exact) mass is 228 g/mol. The Kier molecular flexibility index (Phi) is 2.18. The summed E-state index contributed by atoms with van der Waals surface area (Å²) in [5.74, 6) is 0. The van der Waals surface area contributed by atoms with Crippen LogP contribution < -0.4 is 0 Å². The van der Waals surface area contributed by atoms with Crippen molar-refractivity contribution in [2.75, 3.05) is 0 Å². The molecule has 0 amide bonds. The molecule has 0 aliphatic heterocycles. The van der Waals surface area contributed by atoms with Gasteiger partial charge in [0.1, 0.15) is 0 Å². The molecular weight excluding hydrogens is 212 g/mol. The average molecular weight is 228 g/mol. The van der Waals surface area contributed by atoms with Crippen molar-refractivity contribution in [1.82, 2.24) is 0 Å². The molecule has 1 aromatic rings. The molecule has 0 bridgehead atoms. The number of rotatable bonds is 1. The molecule has 1 heterocycles. The summed E-state index contributed by atoms with van der Waals surface area (Å²) < 4.78 is 0. The zero-order chi connectivity index (χ0) is 11.2. The molecule has 3 rings (SSSR count). The van der Waals surface area contributed by atoms with E-state index in [4.69, 9.17) is 0 Å². The topological polar surface area (TPSA) is 0 Å². The van der Waals surface area contributed by atoms with Crippen LogP contribution in [0.3, 0.4) is 0 Å². The van der Waals surface area contributed by atoms with E-state index in [0.717, 1.165) is 12.8 Å². The molecule has 16 heavy (non-hydrogen) atoms. The first-order valence-electron chi connectivity index (χ1n) is 5.91. The first kappa shape index (κ1) is 10.1. The zero-order valence-corrected chi connectivity index (χ0v) is 10.6. The second-order valence-corrected chi connectivity index (χ2v) is 6.04. The van der Waals surface area contributed by atoms with Gasteiger partial charge in [0, 0.05) is 15.2 Å². The number of hydrogen-bond acceptors (Lipinski definition) is 1. The summed E-state index contributed by atoms with van der Waals surface area (Å²) in [5.41, 5.74) is 3.23. The lowest BCUT2D eigenvalue weighted by molar-refractivity contribution is 0.518. The lowest BCUT2D eigenvalue weighted by Crippen LogP contribution is -2.22. The van der Waals surface area contributed by atoms with Gasteiger partial charge < -0.3 is 0 Å². The van der Waals surface area contributed by atoms with Crippen LogP contribution in [0.25, 0.3) is 6.08 Å². The van der Waals surface area contributed by atoms with Gasteiger partial charge in [-0.05, 0) is 36.1 Å². The van der Waals surface area contributed by atoms with E-state index in [1.807, 2.05) is 11.3 Å². The van der Waals surface area contributed by atoms with Gasteiger partial charge in [-0.3, -0.25) is 0 Å². The first-order valence-corrected chi connectivity index (χ1v) is 6.72. The van der Waals surface area contributed by atoms with Crippen LogP contribution >= 0.6 is 11.3 Å². The molecule has 1 unspecified atom stereocenters. The fourth-order valence-corrected chi connectivity index (χ4v) is 3.64. The van der Waals surface area contributed by atoms with Crippen molar-refractivity contribution >= 4 is 17.4 Å². The third-order valence-electron chi connectivity index (χ3n) is 3.60. The Bertz CT molecular complexity index is 514. The minimum Gasteiger partial charge on any atom is -0.141 e. The molecule has 0 aromatic carbocycles. The largest absolute Gasteiger partial charge is 0.141 e. The number of aryl methyl sites for hydroxylation is 1. The van der Waals surface area contributed by atoms with Gasteiger partial charge in [-0.25, -0.2) is 0 Å². The highest BCUT2D eigenvalue weighted by Gasteiger charge is 2.31. The van der Waals surface area contributed by atoms with Gasteiger partial charge in [0.2, 0.25) is 0 Å². The molecular formula is C15H16S. The van der Waals surface area contributed by atoms with E-state index >= 15 is 0 Å². The van der Waals surface area contributed by atoms with Gasteiger partial charge in [-0.15, -0.1) is 11.3 Å². The predicted octanol–water partition coefficient (Wildman–Crippen LogP) is 4.38. The van der Waals surface area contributed by atoms with Crippen LogP contribution in [0, 0.1) is 5.41 Å². The molecule has 0 saturated heterocycles. The van der Waals surface area contributed by atoms with Crippen LogP contribution in [-0.4, -0.2) is 0 Å². The zero-order valence-electron chi connectivity index (χ0n) is 9.79. The Balaban J connectivity index is 2.11. The van der Waals surface area contributed by atoms with E-state index in [-0.39, 0.29) is 5.41 Å². The van der Waals surface area contributed by atoms with E-state index in [1.54, 1.807) is 0 Å². The quantitative estimate of drug-likeness (QED) is 0.669. The standard InChI is InChI=1S/C15H16S/c1-3-13-8-11-10-15(2)7-5-4-6-12(15)9-14(11)16-13/h4-9H,3,10H2,1-2H3. The second-order valence-electron chi connectivity index (χ2n) is 4.87. The van der Waals surface area contributed by atoms with Crippen LogP contribution in [0.1, 0.15) is 29.2 Å². The lowest BCUT2D eigenvalue weighted by Gasteiger charge is -2.32. The third-order valence-corrected chi connectivity index (χ3v) is 4.86. The fraction of sp³-hybridized carbons (Fsp3) is 0.333. The van der Waals surface area contributed by atoms with E-state index in [1.165, 1.54) is 20.9 Å². The summed E-state index contributed by atoms with van der Waals surface area (Å²) in [4.78, 5) is 2.99. The van der Waals surface area contributed by atoms with E-state index in [0.29, 0.717) is 0 Å². The molecule has 0 nitrogen and oxygen atoms in total. The summed E-state index contributed by atoms with van der Waals surface area (Å²) in [6.07, 6.45) is 13.6. The first-order chi connectivity index (χ1) is 7.71. The fourth-order valence-electron chi connectivity index (χ4n) is 2.56. The van der Waals surface area contributed by atoms with Crippen molar-refractivity contribution in [2.45, 2.75) is 26.7 Å². The molecule has 2 aliphatic rings. The van der Waals surface area contributed by atoms with E-state index < -0.39 is 0 Å². The van der Waals surface area contributed by atoms with Crippen LogP contribution in [0.4, 0.5) is 0 Å². The summed E-state index contributed by atoms with van der Waals surface area (Å²) in [5, 5.41) is 0. The Morgan fingerprint density at radius 2 is 2.25 bits per heavy atom. The smallest absolute Gasteiger partial charge is 0.0308 e. The normalized spacial score (nSPS) is 26.2. The summed E-state index contributed by atoms with van der Waals surface area (Å²) in [6, 6.07) is 2.39. The summed E-state index contributed by atoms with van der Waals surface area (Å²) in [6.45, 7) is 4.57. The van der Waals surface area contributed by atoms with Gasteiger partial charge >= 0.3 is 0 Å². The summed E-state index contributed by atoms with van der Waals surface area (Å²) >= 11 is 1.96. The highest BCUT2D eigenvalue weighted by molar-refractivity contribution is 7.13. The van der Waals surface area contributed by atoms with Gasteiger partial charge in [0.25, 0.3) is 0 Å². The van der Waals surface area contributed by atoms with Crippen LogP contribution in [0.15, 0.2) is 35.9 Å². The van der Waals surface area contributed by atoms with Crippen molar-refractivity contribution in [3.63, 3.8) is 0 Å². The van der Waals surface area contributed by atoms with Gasteiger partial charge in [-0.2, -0.15) is 0 Å². The minimum absolute atomic E-state index is 0.230. The molecule has 0 radical (unpaired) electrons. The van der Waals surface area contributed by atoms with Gasteiger partial charge in [0.05, 0.1) is 0 Å². The summed E-state index contributed by atoms with van der Waals surface area (Å²) in [7, 11) is 0. The highest BCUT2D eigenvalue weighted by Crippen LogP contribution is 2.44. The molecule has 0 fully saturated rings. The Morgan fingerprint density at radius 1 is 1.38 bits per heavy atom. The van der Waals surface area contributed by atoms with Crippen LogP contribution in [0.2, 0.25) is 0 Å². The molecule has 1 aromatic heterocycles. The van der Waals surface area contributed by atoms with Crippen molar-refractivity contribution in [2.24, 2.45) is 5.41 Å². The number of thiophene rings is 1. The highest BCUT2D eigenvalue weighted by atomic mass is 32.1. The van der Waals surface area contributed by atoms with Crippen molar-refractivity contribution < 1.29 is 0 Å². The minimum atomic E-state index is 0.230. The van der Waals surface area contributed by atoms with Crippen molar-refractivity contribution in [3.05, 3.63) is 51.3 Å². The van der Waals surface area contributed by atoms with E-state index in [9.17, 15) is 0 Å². The Morgan fingerprint density at radius 3 is 3.06 bits per heavy atom. The van der Waals surface area contributed by atoms with Crippen LogP contribution in [-0.2, 0) is 12.8 Å². The molecule has 0 N–H and O–H groups in total. The maximum atomic E-state index is 2.39. The molecule has 82 valence electrons. The average Bonchev–Trinajstić information content (AvgIpc) is 2.66. The molecule has 2 aliphatic carbocycles. The number of fused-ring (bicyclic) bond motifs is 2. The second kappa shape index (κ2) is 3.46.